The van der Waals surface area contributed by atoms with Crippen LogP contribution in [0.3, 0.4) is 0 Å². The number of benzene rings is 2. The fourth-order valence-electron chi connectivity index (χ4n) is 3.19. The van der Waals surface area contributed by atoms with E-state index < -0.39 is 0 Å². The molecule has 1 atom stereocenters. The summed E-state index contributed by atoms with van der Waals surface area (Å²) < 4.78 is 7.18. The molecule has 4 rings (SSSR count). The van der Waals surface area contributed by atoms with Crippen molar-refractivity contribution >= 4 is 28.6 Å². The molecule has 0 amide bonds. The second kappa shape index (κ2) is 8.53. The third-order valence-corrected chi connectivity index (χ3v) is 5.35. The summed E-state index contributed by atoms with van der Waals surface area (Å²) in [6.45, 7) is 2.78. The van der Waals surface area contributed by atoms with Crippen molar-refractivity contribution in [1.29, 1.82) is 0 Å². The Hall–Kier alpha value is -3.06. The second-order valence-corrected chi connectivity index (χ2v) is 7.50. The minimum Gasteiger partial charge on any atom is -0.497 e. The summed E-state index contributed by atoms with van der Waals surface area (Å²) in [5, 5.41) is 9.74. The van der Waals surface area contributed by atoms with Crippen molar-refractivity contribution < 1.29 is 4.74 Å². The molecule has 0 unspecified atom stereocenters. The van der Waals surface area contributed by atoms with Gasteiger partial charge >= 0.3 is 0 Å². The summed E-state index contributed by atoms with van der Waals surface area (Å²) in [5.41, 5.74) is 3.17. The average Bonchev–Trinajstić information content (AvgIpc) is 3.17. The normalized spacial score (nSPS) is 12.1. The highest BCUT2D eigenvalue weighted by Crippen LogP contribution is 2.28. The smallest absolute Gasteiger partial charge is 0.191 e. The molecule has 0 spiro atoms. The van der Waals surface area contributed by atoms with Crippen LogP contribution in [0, 0.1) is 0 Å². The molecule has 0 aliphatic rings. The van der Waals surface area contributed by atoms with Crippen LogP contribution >= 0.6 is 11.8 Å². The maximum atomic E-state index is 5.25. The van der Waals surface area contributed by atoms with E-state index in [0.29, 0.717) is 6.54 Å². The van der Waals surface area contributed by atoms with E-state index in [9.17, 15) is 0 Å². The van der Waals surface area contributed by atoms with E-state index in [2.05, 4.69) is 41.6 Å². The molecule has 0 saturated carbocycles. The summed E-state index contributed by atoms with van der Waals surface area (Å²) in [7, 11) is 1.67. The quantitative estimate of drug-likeness (QED) is 0.353. The fraction of sp³-hybridized carbons (Fsp3) is 0.227. The fourth-order valence-corrected chi connectivity index (χ4v) is 3.55. The number of nitrogens with one attached hydrogen (secondary N) is 1. The van der Waals surface area contributed by atoms with Crippen molar-refractivity contribution in [3.63, 3.8) is 0 Å². The topological polar surface area (TPSA) is 64.9 Å². The van der Waals surface area contributed by atoms with E-state index in [1.165, 1.54) is 17.3 Å². The standard InChI is InChI=1S/C22H23N5OS/c1-15(17-9-11-18(28-2)12-10-17)24-20-19-13-23-27(14-16-7-5-4-6-8-16)21(19)26-22(25-20)29-3/h4-13,15H,14H2,1-3H3,(H,24,25,26)/t15-/m0/s1. The number of rotatable bonds is 7. The van der Waals surface area contributed by atoms with E-state index in [1.54, 1.807) is 7.11 Å². The molecule has 1 N–H and O–H groups in total. The Morgan fingerprint density at radius 1 is 1.07 bits per heavy atom. The van der Waals surface area contributed by atoms with Crippen LogP contribution in [0.5, 0.6) is 5.75 Å². The molecule has 6 nitrogen and oxygen atoms in total. The number of nitrogens with zero attached hydrogens (tertiary/aromatic N) is 4. The second-order valence-electron chi connectivity index (χ2n) is 6.72. The number of hydrogen-bond acceptors (Lipinski definition) is 6. The summed E-state index contributed by atoms with van der Waals surface area (Å²) in [5.74, 6) is 1.64. The van der Waals surface area contributed by atoms with Crippen molar-refractivity contribution in [3.05, 3.63) is 71.9 Å². The lowest BCUT2D eigenvalue weighted by Gasteiger charge is -2.16. The van der Waals surface area contributed by atoms with Gasteiger partial charge in [-0.2, -0.15) is 5.10 Å². The zero-order chi connectivity index (χ0) is 20.2. The first kappa shape index (κ1) is 19.3. The molecule has 7 heteroatoms. The minimum atomic E-state index is 0.0752. The van der Waals surface area contributed by atoms with Gasteiger partial charge in [-0.05, 0) is 36.4 Å². The summed E-state index contributed by atoms with van der Waals surface area (Å²) in [4.78, 5) is 9.41. The van der Waals surface area contributed by atoms with Gasteiger partial charge in [0.15, 0.2) is 10.8 Å². The maximum absolute atomic E-state index is 5.25. The van der Waals surface area contributed by atoms with Crippen LogP contribution in [0.1, 0.15) is 24.1 Å². The van der Waals surface area contributed by atoms with E-state index >= 15 is 0 Å². The van der Waals surface area contributed by atoms with Crippen LogP contribution in [0.4, 0.5) is 5.82 Å². The van der Waals surface area contributed by atoms with Crippen LogP contribution in [0.15, 0.2) is 66.0 Å². The van der Waals surface area contributed by atoms with Crippen LogP contribution < -0.4 is 10.1 Å². The van der Waals surface area contributed by atoms with Gasteiger partial charge in [-0.15, -0.1) is 0 Å². The van der Waals surface area contributed by atoms with Crippen LogP contribution in [0.25, 0.3) is 11.0 Å². The van der Waals surface area contributed by atoms with Gasteiger partial charge in [0.25, 0.3) is 0 Å². The van der Waals surface area contributed by atoms with E-state index in [1.807, 2.05) is 47.5 Å². The number of ether oxygens (including phenoxy) is 1. The van der Waals surface area contributed by atoms with E-state index in [0.717, 1.165) is 33.3 Å². The third-order valence-electron chi connectivity index (χ3n) is 4.80. The molecule has 2 aromatic heterocycles. The molecule has 4 aromatic rings. The van der Waals surface area contributed by atoms with Gasteiger partial charge in [-0.1, -0.05) is 54.2 Å². The van der Waals surface area contributed by atoms with Crippen molar-refractivity contribution in [1.82, 2.24) is 19.7 Å². The molecule has 0 fully saturated rings. The first-order valence-corrected chi connectivity index (χ1v) is 10.6. The molecule has 0 saturated heterocycles. The number of anilines is 1. The minimum absolute atomic E-state index is 0.0752. The molecule has 0 aliphatic carbocycles. The average molecular weight is 406 g/mol. The molecule has 2 heterocycles. The lowest BCUT2D eigenvalue weighted by atomic mass is 10.1. The van der Waals surface area contributed by atoms with Crippen molar-refractivity contribution in [2.24, 2.45) is 0 Å². The predicted molar refractivity (Wildman–Crippen MR) is 118 cm³/mol. The zero-order valence-electron chi connectivity index (χ0n) is 16.7. The molecule has 29 heavy (non-hydrogen) atoms. The monoisotopic (exact) mass is 405 g/mol. The predicted octanol–water partition coefficient (Wildman–Crippen LogP) is 4.78. The number of thioether (sulfide) groups is 1. The van der Waals surface area contributed by atoms with Gasteiger partial charge in [0, 0.05) is 6.04 Å². The first-order valence-electron chi connectivity index (χ1n) is 9.40. The van der Waals surface area contributed by atoms with Crippen molar-refractivity contribution in [3.8, 4) is 5.75 Å². The lowest BCUT2D eigenvalue weighted by molar-refractivity contribution is 0.414. The summed E-state index contributed by atoms with van der Waals surface area (Å²) >= 11 is 1.52. The molecular weight excluding hydrogens is 382 g/mol. The van der Waals surface area contributed by atoms with Gasteiger partial charge in [0.2, 0.25) is 0 Å². The van der Waals surface area contributed by atoms with Gasteiger partial charge in [0.05, 0.1) is 25.2 Å². The SMILES string of the molecule is COc1ccc([C@H](C)Nc2nc(SC)nc3c2cnn3Cc2ccccc2)cc1. The van der Waals surface area contributed by atoms with Crippen LogP contribution in [-0.2, 0) is 6.54 Å². The number of fused-ring (bicyclic) bond motifs is 1. The third kappa shape index (κ3) is 4.19. The van der Waals surface area contributed by atoms with E-state index in [-0.39, 0.29) is 6.04 Å². The molecule has 2 aromatic carbocycles. The van der Waals surface area contributed by atoms with Crippen LogP contribution in [0.2, 0.25) is 0 Å². The largest absolute Gasteiger partial charge is 0.497 e. The summed E-state index contributed by atoms with van der Waals surface area (Å²) in [6, 6.07) is 18.4. The van der Waals surface area contributed by atoms with Crippen LogP contribution in [-0.4, -0.2) is 33.1 Å². The Morgan fingerprint density at radius 3 is 2.52 bits per heavy atom. The highest BCUT2D eigenvalue weighted by Gasteiger charge is 2.15. The molecule has 0 aliphatic heterocycles. The van der Waals surface area contributed by atoms with Crippen molar-refractivity contribution in [2.45, 2.75) is 24.7 Å². The maximum Gasteiger partial charge on any atom is 0.191 e. The highest BCUT2D eigenvalue weighted by molar-refractivity contribution is 7.98. The highest BCUT2D eigenvalue weighted by atomic mass is 32.2. The lowest BCUT2D eigenvalue weighted by Crippen LogP contribution is -2.10. The summed E-state index contributed by atoms with van der Waals surface area (Å²) in [6.07, 6.45) is 3.82. The van der Waals surface area contributed by atoms with Crippen molar-refractivity contribution in [2.75, 3.05) is 18.7 Å². The van der Waals surface area contributed by atoms with Gasteiger partial charge in [0.1, 0.15) is 11.6 Å². The Labute approximate surface area is 174 Å². The molecule has 148 valence electrons. The van der Waals surface area contributed by atoms with Gasteiger partial charge in [-0.25, -0.2) is 14.6 Å². The molecule has 0 radical (unpaired) electrons. The number of methoxy groups -OCH3 is 1. The van der Waals surface area contributed by atoms with Gasteiger partial charge in [-0.3, -0.25) is 0 Å². The molecular formula is C22H23N5OS. The Kier molecular flexibility index (Phi) is 5.67. The first-order chi connectivity index (χ1) is 14.2. The number of hydrogen-bond donors (Lipinski definition) is 1. The van der Waals surface area contributed by atoms with Gasteiger partial charge < -0.3 is 10.1 Å². The Balaban J connectivity index is 1.66. The zero-order valence-corrected chi connectivity index (χ0v) is 17.5. The Morgan fingerprint density at radius 2 is 1.83 bits per heavy atom. The Bertz CT molecular complexity index is 1100. The van der Waals surface area contributed by atoms with E-state index in [4.69, 9.17) is 14.7 Å². The molecule has 0 bridgehead atoms. The number of aromatic nitrogens is 4.